The molecule has 0 spiro atoms. The lowest BCUT2D eigenvalue weighted by atomic mass is 10.2. The van der Waals surface area contributed by atoms with Crippen molar-refractivity contribution < 1.29 is 9.72 Å². The highest BCUT2D eigenvalue weighted by atomic mass is 35.5. The number of rotatable bonds is 6. The first-order valence-corrected chi connectivity index (χ1v) is 8.49. The molecule has 0 atom stereocenters. The number of anilines is 1. The van der Waals surface area contributed by atoms with Crippen molar-refractivity contribution in [2.45, 2.75) is 12.8 Å². The van der Waals surface area contributed by atoms with Crippen molar-refractivity contribution >= 4 is 28.9 Å². The maximum Gasteiger partial charge on any atom is 0.288 e. The Labute approximate surface area is 150 Å². The molecule has 3 rings (SSSR count). The van der Waals surface area contributed by atoms with Gasteiger partial charge >= 0.3 is 0 Å². The molecular formula is C18H18ClN3O3. The summed E-state index contributed by atoms with van der Waals surface area (Å²) < 4.78 is 0. The predicted molar refractivity (Wildman–Crippen MR) is 97.4 cm³/mol. The zero-order valence-electron chi connectivity index (χ0n) is 13.6. The van der Waals surface area contributed by atoms with Crippen LogP contribution in [0.1, 0.15) is 22.3 Å². The first-order chi connectivity index (χ1) is 12.1. The maximum absolute atomic E-state index is 12.1. The fourth-order valence-electron chi connectivity index (χ4n) is 3.01. The molecule has 0 unspecified atom stereocenters. The zero-order valence-corrected chi connectivity index (χ0v) is 14.3. The number of halogens is 1. The van der Waals surface area contributed by atoms with Gasteiger partial charge in [-0.15, -0.1) is 0 Å². The Morgan fingerprint density at radius 1 is 1.28 bits per heavy atom. The van der Waals surface area contributed by atoms with Crippen LogP contribution in [0.4, 0.5) is 11.4 Å². The van der Waals surface area contributed by atoms with Crippen LogP contribution in [0.15, 0.2) is 42.5 Å². The summed E-state index contributed by atoms with van der Waals surface area (Å²) in [6, 6.07) is 12.4. The van der Waals surface area contributed by atoms with Gasteiger partial charge in [0, 0.05) is 37.0 Å². The number of nitrogens with one attached hydrogen (secondary N) is 1. The molecule has 0 aliphatic carbocycles. The van der Waals surface area contributed by atoms with Crippen molar-refractivity contribution in [1.29, 1.82) is 0 Å². The van der Waals surface area contributed by atoms with Crippen LogP contribution in [0, 0.1) is 10.1 Å². The van der Waals surface area contributed by atoms with E-state index >= 15 is 0 Å². The molecule has 1 amide bonds. The van der Waals surface area contributed by atoms with E-state index in [4.69, 9.17) is 11.6 Å². The minimum Gasteiger partial charge on any atom is -0.371 e. The standard InChI is InChI=1S/C18H18ClN3O3/c19-15-7-6-14(12-17(15)22(24)25)18(23)20-9-3-10-21-11-8-13-4-1-2-5-16(13)21/h1-2,4-7,12H,3,8-11H2,(H,20,23). The molecule has 0 saturated carbocycles. The third-order valence-corrected chi connectivity index (χ3v) is 4.60. The normalized spacial score (nSPS) is 12.8. The molecule has 1 N–H and O–H groups in total. The van der Waals surface area contributed by atoms with Crippen LogP contribution in [0.5, 0.6) is 0 Å². The van der Waals surface area contributed by atoms with E-state index in [2.05, 4.69) is 22.3 Å². The van der Waals surface area contributed by atoms with Gasteiger partial charge in [0.15, 0.2) is 0 Å². The molecule has 0 aromatic heterocycles. The molecule has 1 aliphatic heterocycles. The highest BCUT2D eigenvalue weighted by Crippen LogP contribution is 2.27. The summed E-state index contributed by atoms with van der Waals surface area (Å²) >= 11 is 5.76. The van der Waals surface area contributed by atoms with E-state index in [1.165, 1.54) is 29.4 Å². The van der Waals surface area contributed by atoms with Gasteiger partial charge in [-0.25, -0.2) is 0 Å². The largest absolute Gasteiger partial charge is 0.371 e. The van der Waals surface area contributed by atoms with Crippen molar-refractivity contribution in [3.8, 4) is 0 Å². The molecular weight excluding hydrogens is 342 g/mol. The molecule has 0 radical (unpaired) electrons. The van der Waals surface area contributed by atoms with Crippen LogP contribution in [0.2, 0.25) is 5.02 Å². The minimum absolute atomic E-state index is 0.0225. The first-order valence-electron chi connectivity index (χ1n) is 8.11. The molecule has 6 nitrogen and oxygen atoms in total. The van der Waals surface area contributed by atoms with Crippen molar-refractivity contribution in [2.75, 3.05) is 24.5 Å². The van der Waals surface area contributed by atoms with E-state index in [9.17, 15) is 14.9 Å². The summed E-state index contributed by atoms with van der Waals surface area (Å²) in [7, 11) is 0. The summed E-state index contributed by atoms with van der Waals surface area (Å²) in [6.07, 6.45) is 1.85. The average molecular weight is 360 g/mol. The summed E-state index contributed by atoms with van der Waals surface area (Å²) in [6.45, 7) is 2.36. The number of hydrogen-bond donors (Lipinski definition) is 1. The van der Waals surface area contributed by atoms with E-state index in [-0.39, 0.29) is 22.2 Å². The topological polar surface area (TPSA) is 75.5 Å². The second kappa shape index (κ2) is 7.53. The van der Waals surface area contributed by atoms with Crippen LogP contribution in [-0.4, -0.2) is 30.5 Å². The van der Waals surface area contributed by atoms with Crippen molar-refractivity contribution in [2.24, 2.45) is 0 Å². The first kappa shape index (κ1) is 17.2. The Morgan fingerprint density at radius 2 is 2.08 bits per heavy atom. The number of nitrogens with zero attached hydrogens (tertiary/aromatic N) is 2. The Balaban J connectivity index is 1.51. The van der Waals surface area contributed by atoms with E-state index < -0.39 is 4.92 Å². The molecule has 1 aliphatic rings. The van der Waals surface area contributed by atoms with Gasteiger partial charge < -0.3 is 10.2 Å². The van der Waals surface area contributed by atoms with Gasteiger partial charge in [-0.2, -0.15) is 0 Å². The number of amides is 1. The minimum atomic E-state index is -0.593. The van der Waals surface area contributed by atoms with Crippen LogP contribution in [0.3, 0.4) is 0 Å². The van der Waals surface area contributed by atoms with Crippen LogP contribution >= 0.6 is 11.6 Å². The monoisotopic (exact) mass is 359 g/mol. The van der Waals surface area contributed by atoms with E-state index in [0.29, 0.717) is 6.54 Å². The number of nitro groups is 1. The third-order valence-electron chi connectivity index (χ3n) is 4.28. The Kier molecular flexibility index (Phi) is 5.19. The Morgan fingerprint density at radius 3 is 2.88 bits per heavy atom. The second-order valence-corrected chi connectivity index (χ2v) is 6.31. The van der Waals surface area contributed by atoms with Gasteiger partial charge in [0.05, 0.1) is 4.92 Å². The van der Waals surface area contributed by atoms with E-state index in [1.54, 1.807) is 0 Å². The predicted octanol–water partition coefficient (Wildman–Crippen LogP) is 3.43. The molecule has 130 valence electrons. The second-order valence-electron chi connectivity index (χ2n) is 5.90. The Bertz CT molecular complexity index is 810. The number of carbonyl (C=O) groups is 1. The molecule has 2 aromatic rings. The third kappa shape index (κ3) is 3.91. The SMILES string of the molecule is O=C(NCCCN1CCc2ccccc21)c1ccc(Cl)c([N+](=O)[O-])c1. The van der Waals surface area contributed by atoms with E-state index in [1.807, 2.05) is 12.1 Å². The molecule has 2 aromatic carbocycles. The number of fused-ring (bicyclic) bond motifs is 1. The Hall–Kier alpha value is -2.60. The highest BCUT2D eigenvalue weighted by Gasteiger charge is 2.18. The van der Waals surface area contributed by atoms with Gasteiger partial charge in [-0.05, 0) is 36.6 Å². The lowest BCUT2D eigenvalue weighted by molar-refractivity contribution is -0.384. The van der Waals surface area contributed by atoms with Crippen LogP contribution in [0.25, 0.3) is 0 Å². The summed E-state index contributed by atoms with van der Waals surface area (Å²) in [5, 5.41) is 13.7. The summed E-state index contributed by atoms with van der Waals surface area (Å²) in [4.78, 5) is 24.7. The quantitative estimate of drug-likeness (QED) is 0.487. The van der Waals surface area contributed by atoms with Gasteiger partial charge in [-0.3, -0.25) is 14.9 Å². The fourth-order valence-corrected chi connectivity index (χ4v) is 3.19. The lowest BCUT2D eigenvalue weighted by Gasteiger charge is -2.19. The van der Waals surface area contributed by atoms with Crippen molar-refractivity contribution in [1.82, 2.24) is 5.32 Å². The number of hydrogen-bond acceptors (Lipinski definition) is 4. The molecule has 25 heavy (non-hydrogen) atoms. The zero-order chi connectivity index (χ0) is 17.8. The number of benzene rings is 2. The molecule has 0 saturated heterocycles. The van der Waals surface area contributed by atoms with Gasteiger partial charge in [0.25, 0.3) is 11.6 Å². The maximum atomic E-state index is 12.1. The smallest absolute Gasteiger partial charge is 0.288 e. The van der Waals surface area contributed by atoms with E-state index in [0.717, 1.165) is 25.9 Å². The lowest BCUT2D eigenvalue weighted by Crippen LogP contribution is -2.29. The number of carbonyl (C=O) groups excluding carboxylic acids is 1. The van der Waals surface area contributed by atoms with Crippen molar-refractivity contribution in [3.63, 3.8) is 0 Å². The van der Waals surface area contributed by atoms with Crippen LogP contribution in [-0.2, 0) is 6.42 Å². The highest BCUT2D eigenvalue weighted by molar-refractivity contribution is 6.32. The van der Waals surface area contributed by atoms with Gasteiger partial charge in [-0.1, -0.05) is 29.8 Å². The summed E-state index contributed by atoms with van der Waals surface area (Å²) in [5.74, 6) is -0.332. The molecule has 7 heteroatoms. The average Bonchev–Trinajstić information content (AvgIpc) is 3.02. The van der Waals surface area contributed by atoms with Crippen molar-refractivity contribution in [3.05, 3.63) is 68.7 Å². The molecule has 0 fully saturated rings. The molecule has 0 bridgehead atoms. The number of para-hydroxylation sites is 1. The number of nitro benzene ring substituents is 1. The van der Waals surface area contributed by atoms with Crippen LogP contribution < -0.4 is 10.2 Å². The fraction of sp³-hybridized carbons (Fsp3) is 0.278. The molecule has 1 heterocycles. The summed E-state index contributed by atoms with van der Waals surface area (Å²) in [5.41, 5.74) is 2.60. The van der Waals surface area contributed by atoms with Gasteiger partial charge in [0.2, 0.25) is 0 Å². The van der Waals surface area contributed by atoms with Gasteiger partial charge in [0.1, 0.15) is 5.02 Å².